The summed E-state index contributed by atoms with van der Waals surface area (Å²) in [5.41, 5.74) is 0.182. The van der Waals surface area contributed by atoms with Crippen LogP contribution in [0.15, 0.2) is 10.6 Å². The molecule has 1 aliphatic rings. The van der Waals surface area contributed by atoms with Crippen molar-refractivity contribution in [2.45, 2.75) is 64.5 Å². The molecule has 1 saturated heterocycles. The normalized spacial score (nSPS) is 20.1. The van der Waals surface area contributed by atoms with Crippen LogP contribution >= 0.6 is 0 Å². The van der Waals surface area contributed by atoms with Gasteiger partial charge in [-0.05, 0) is 46.6 Å². The summed E-state index contributed by atoms with van der Waals surface area (Å²) in [6.45, 7) is 8.42. The molecule has 0 spiro atoms. The number of hydrogen-bond acceptors (Lipinski definition) is 4. The predicted molar refractivity (Wildman–Crippen MR) is 75.3 cm³/mol. The molecule has 0 aromatic carbocycles. The number of nitrogens with zero attached hydrogens (tertiary/aromatic N) is 1. The van der Waals surface area contributed by atoms with Crippen molar-refractivity contribution in [2.75, 3.05) is 13.2 Å². The van der Waals surface area contributed by atoms with Crippen LogP contribution in [0, 0.1) is 0 Å². The second-order valence-corrected chi connectivity index (χ2v) is 6.34. The number of nitrogens with one attached hydrogen (secondary N) is 1. The SMILES string of the molecule is CC(C)(C)NCCCc1ncc(CC2CCCO2)o1. The van der Waals surface area contributed by atoms with Gasteiger partial charge < -0.3 is 14.5 Å². The lowest BCUT2D eigenvalue weighted by atomic mass is 10.1. The second-order valence-electron chi connectivity index (χ2n) is 6.34. The third-order valence-electron chi connectivity index (χ3n) is 3.28. The van der Waals surface area contributed by atoms with Crippen molar-refractivity contribution < 1.29 is 9.15 Å². The Morgan fingerprint density at radius 1 is 1.42 bits per heavy atom. The van der Waals surface area contributed by atoms with E-state index in [1.54, 1.807) is 0 Å². The maximum absolute atomic E-state index is 5.76. The fourth-order valence-electron chi connectivity index (χ4n) is 2.29. The molecule has 0 amide bonds. The van der Waals surface area contributed by atoms with Gasteiger partial charge >= 0.3 is 0 Å². The van der Waals surface area contributed by atoms with Gasteiger partial charge in [-0.25, -0.2) is 4.98 Å². The zero-order valence-corrected chi connectivity index (χ0v) is 12.4. The van der Waals surface area contributed by atoms with Gasteiger partial charge in [0.15, 0.2) is 5.89 Å². The average Bonchev–Trinajstić information content (AvgIpc) is 2.96. The van der Waals surface area contributed by atoms with Crippen LogP contribution in [0.2, 0.25) is 0 Å². The van der Waals surface area contributed by atoms with Crippen LogP contribution in [0.1, 0.15) is 51.7 Å². The molecule has 108 valence electrons. The van der Waals surface area contributed by atoms with E-state index in [1.165, 1.54) is 6.42 Å². The standard InChI is InChI=1S/C15H26N2O2/c1-15(2,3)17-8-4-7-14-16-11-13(19-14)10-12-6-5-9-18-12/h11-12,17H,4-10H2,1-3H3. The highest BCUT2D eigenvalue weighted by atomic mass is 16.5. The first-order chi connectivity index (χ1) is 9.03. The summed E-state index contributed by atoms with van der Waals surface area (Å²) in [6.07, 6.45) is 7.33. The summed E-state index contributed by atoms with van der Waals surface area (Å²) >= 11 is 0. The van der Waals surface area contributed by atoms with E-state index in [1.807, 2.05) is 6.20 Å². The summed E-state index contributed by atoms with van der Waals surface area (Å²) in [4.78, 5) is 4.34. The molecule has 2 rings (SSSR count). The van der Waals surface area contributed by atoms with Gasteiger partial charge in [0.05, 0.1) is 12.3 Å². The van der Waals surface area contributed by atoms with E-state index in [-0.39, 0.29) is 5.54 Å². The lowest BCUT2D eigenvalue weighted by Gasteiger charge is -2.20. The van der Waals surface area contributed by atoms with E-state index >= 15 is 0 Å². The van der Waals surface area contributed by atoms with E-state index in [0.717, 1.165) is 50.5 Å². The summed E-state index contributed by atoms with van der Waals surface area (Å²) in [5, 5.41) is 3.47. The molecule has 19 heavy (non-hydrogen) atoms. The Morgan fingerprint density at radius 3 is 2.95 bits per heavy atom. The van der Waals surface area contributed by atoms with Crippen molar-refractivity contribution >= 4 is 0 Å². The molecule has 1 aliphatic heterocycles. The van der Waals surface area contributed by atoms with Gasteiger partial charge in [0.1, 0.15) is 5.76 Å². The molecule has 1 fully saturated rings. The third-order valence-corrected chi connectivity index (χ3v) is 3.28. The van der Waals surface area contributed by atoms with Crippen LogP contribution in [-0.4, -0.2) is 29.8 Å². The minimum absolute atomic E-state index is 0.182. The molecule has 0 radical (unpaired) electrons. The number of aromatic nitrogens is 1. The molecular formula is C15H26N2O2. The summed E-state index contributed by atoms with van der Waals surface area (Å²) in [6, 6.07) is 0. The molecule has 2 heterocycles. The van der Waals surface area contributed by atoms with Crippen LogP contribution in [-0.2, 0) is 17.6 Å². The van der Waals surface area contributed by atoms with E-state index in [9.17, 15) is 0 Å². The fraction of sp³-hybridized carbons (Fsp3) is 0.800. The fourth-order valence-corrected chi connectivity index (χ4v) is 2.29. The molecular weight excluding hydrogens is 240 g/mol. The van der Waals surface area contributed by atoms with Gasteiger partial charge in [-0.3, -0.25) is 0 Å². The van der Waals surface area contributed by atoms with Crippen molar-refractivity contribution in [1.82, 2.24) is 10.3 Å². The molecule has 0 bridgehead atoms. The first kappa shape index (κ1) is 14.5. The Morgan fingerprint density at radius 2 is 2.26 bits per heavy atom. The van der Waals surface area contributed by atoms with Gasteiger partial charge in [0.2, 0.25) is 0 Å². The Balaban J connectivity index is 1.68. The van der Waals surface area contributed by atoms with E-state index in [2.05, 4.69) is 31.1 Å². The highest BCUT2D eigenvalue weighted by molar-refractivity contribution is 4.97. The Bertz CT molecular complexity index is 376. The van der Waals surface area contributed by atoms with Gasteiger partial charge in [0, 0.05) is 25.0 Å². The van der Waals surface area contributed by atoms with Crippen molar-refractivity contribution in [3.8, 4) is 0 Å². The molecule has 1 atom stereocenters. The molecule has 1 N–H and O–H groups in total. The van der Waals surface area contributed by atoms with Crippen molar-refractivity contribution in [3.05, 3.63) is 17.8 Å². The maximum Gasteiger partial charge on any atom is 0.194 e. The van der Waals surface area contributed by atoms with Crippen molar-refractivity contribution in [1.29, 1.82) is 0 Å². The number of rotatable bonds is 6. The Labute approximate surface area is 115 Å². The quantitative estimate of drug-likeness (QED) is 0.804. The van der Waals surface area contributed by atoms with Crippen molar-refractivity contribution in [2.24, 2.45) is 0 Å². The third kappa shape index (κ3) is 5.33. The first-order valence-corrected chi connectivity index (χ1v) is 7.33. The molecule has 1 aromatic heterocycles. The second kappa shape index (κ2) is 6.53. The molecule has 1 unspecified atom stereocenters. The number of ether oxygens (including phenoxy) is 1. The predicted octanol–water partition coefficient (Wildman–Crippen LogP) is 2.72. The minimum atomic E-state index is 0.182. The topological polar surface area (TPSA) is 47.3 Å². The maximum atomic E-state index is 5.76. The van der Waals surface area contributed by atoms with Crippen molar-refractivity contribution in [3.63, 3.8) is 0 Å². The van der Waals surface area contributed by atoms with Gasteiger partial charge in [-0.15, -0.1) is 0 Å². The summed E-state index contributed by atoms with van der Waals surface area (Å²) in [7, 11) is 0. The number of aryl methyl sites for hydroxylation is 1. The molecule has 4 heteroatoms. The van der Waals surface area contributed by atoms with Crippen LogP contribution in [0.4, 0.5) is 0 Å². The van der Waals surface area contributed by atoms with Gasteiger partial charge in [-0.2, -0.15) is 0 Å². The first-order valence-electron chi connectivity index (χ1n) is 7.33. The van der Waals surface area contributed by atoms with Crippen LogP contribution < -0.4 is 5.32 Å². The van der Waals surface area contributed by atoms with Crippen LogP contribution in [0.5, 0.6) is 0 Å². The Kier molecular flexibility index (Phi) is 4.99. The monoisotopic (exact) mass is 266 g/mol. The van der Waals surface area contributed by atoms with Crippen LogP contribution in [0.3, 0.4) is 0 Å². The van der Waals surface area contributed by atoms with Crippen LogP contribution in [0.25, 0.3) is 0 Å². The Hall–Kier alpha value is -0.870. The smallest absolute Gasteiger partial charge is 0.194 e. The van der Waals surface area contributed by atoms with E-state index in [4.69, 9.17) is 9.15 Å². The van der Waals surface area contributed by atoms with Gasteiger partial charge in [-0.1, -0.05) is 0 Å². The summed E-state index contributed by atoms with van der Waals surface area (Å²) < 4.78 is 11.4. The van der Waals surface area contributed by atoms with E-state index < -0.39 is 0 Å². The lowest BCUT2D eigenvalue weighted by Crippen LogP contribution is -2.36. The molecule has 0 saturated carbocycles. The zero-order chi connectivity index (χ0) is 13.7. The largest absolute Gasteiger partial charge is 0.446 e. The zero-order valence-electron chi connectivity index (χ0n) is 12.4. The summed E-state index contributed by atoms with van der Waals surface area (Å²) in [5.74, 6) is 1.81. The lowest BCUT2D eigenvalue weighted by molar-refractivity contribution is 0.106. The average molecular weight is 266 g/mol. The highest BCUT2D eigenvalue weighted by Crippen LogP contribution is 2.18. The molecule has 4 nitrogen and oxygen atoms in total. The van der Waals surface area contributed by atoms with E-state index in [0.29, 0.717) is 6.10 Å². The number of hydrogen-bond donors (Lipinski definition) is 1. The molecule has 0 aliphatic carbocycles. The highest BCUT2D eigenvalue weighted by Gasteiger charge is 2.18. The number of oxazole rings is 1. The van der Waals surface area contributed by atoms with Gasteiger partial charge in [0.25, 0.3) is 0 Å². The minimum Gasteiger partial charge on any atom is -0.446 e. The molecule has 1 aromatic rings.